The van der Waals surface area contributed by atoms with Gasteiger partial charge >= 0.3 is 0 Å². The summed E-state index contributed by atoms with van der Waals surface area (Å²) in [5.41, 5.74) is 0.457. The second-order valence-corrected chi connectivity index (χ2v) is 6.55. The topological polar surface area (TPSA) is 43.4 Å². The Labute approximate surface area is 71.2 Å². The predicted octanol–water partition coefficient (Wildman–Crippen LogP) is 0.514. The fourth-order valence-electron chi connectivity index (χ4n) is 3.90. The third-order valence-corrected chi connectivity index (χ3v) is 6.21. The first-order chi connectivity index (χ1) is 5.63. The SMILES string of the molecule is O=S1(=O)OC2CC34CC3CC1C24. The summed E-state index contributed by atoms with van der Waals surface area (Å²) in [6.45, 7) is 0. The van der Waals surface area contributed by atoms with Crippen molar-refractivity contribution in [3.8, 4) is 0 Å². The first kappa shape index (κ1) is 6.38. The van der Waals surface area contributed by atoms with Crippen molar-refractivity contribution >= 4 is 10.1 Å². The van der Waals surface area contributed by atoms with Gasteiger partial charge in [0.2, 0.25) is 0 Å². The van der Waals surface area contributed by atoms with E-state index in [4.69, 9.17) is 4.18 Å². The number of hydrogen-bond donors (Lipinski definition) is 0. The van der Waals surface area contributed by atoms with E-state index in [0.717, 1.165) is 18.8 Å². The van der Waals surface area contributed by atoms with Crippen LogP contribution < -0.4 is 0 Å². The summed E-state index contributed by atoms with van der Waals surface area (Å²) in [5.74, 6) is 1.13. The fraction of sp³-hybridized carbons (Fsp3) is 1.00. The van der Waals surface area contributed by atoms with Crippen LogP contribution in [0.5, 0.6) is 0 Å². The highest BCUT2D eigenvalue weighted by molar-refractivity contribution is 7.87. The predicted molar refractivity (Wildman–Crippen MR) is 40.8 cm³/mol. The molecule has 5 unspecified atom stereocenters. The minimum absolute atomic E-state index is 0.0764. The molecule has 3 nitrogen and oxygen atoms in total. The first-order valence-corrected chi connectivity index (χ1v) is 6.03. The van der Waals surface area contributed by atoms with Crippen molar-refractivity contribution in [2.75, 3.05) is 0 Å². The maximum Gasteiger partial charge on any atom is 0.270 e. The molecule has 0 aromatic carbocycles. The molecule has 1 saturated heterocycles. The molecule has 1 spiro atoms. The van der Waals surface area contributed by atoms with Crippen LogP contribution in [0.3, 0.4) is 0 Å². The summed E-state index contributed by atoms with van der Waals surface area (Å²) in [7, 11) is -3.14. The number of rotatable bonds is 0. The zero-order valence-electron chi connectivity index (χ0n) is 6.56. The molecule has 4 rings (SSSR count). The van der Waals surface area contributed by atoms with Gasteiger partial charge in [-0.3, -0.25) is 4.18 Å². The van der Waals surface area contributed by atoms with Crippen molar-refractivity contribution in [2.24, 2.45) is 17.3 Å². The Hall–Kier alpha value is -0.0900. The van der Waals surface area contributed by atoms with Crippen molar-refractivity contribution in [2.45, 2.75) is 30.6 Å². The van der Waals surface area contributed by atoms with Gasteiger partial charge in [-0.25, -0.2) is 0 Å². The monoisotopic (exact) mass is 186 g/mol. The van der Waals surface area contributed by atoms with Gasteiger partial charge in [0.05, 0.1) is 11.4 Å². The first-order valence-electron chi connectivity index (χ1n) is 4.56. The van der Waals surface area contributed by atoms with E-state index in [1.807, 2.05) is 0 Å². The summed E-state index contributed by atoms with van der Waals surface area (Å²) in [4.78, 5) is 0. The van der Waals surface area contributed by atoms with E-state index in [-0.39, 0.29) is 11.4 Å². The standard InChI is InChI=1S/C8H10O3S/c9-12(10)6-1-4-2-8(4)3-5(11-12)7(6)8/h4-7H,1-3H2. The minimum atomic E-state index is -3.14. The normalized spacial score (nSPS) is 68.3. The van der Waals surface area contributed by atoms with Gasteiger partial charge in [-0.2, -0.15) is 8.42 Å². The molecule has 0 bridgehead atoms. The summed E-state index contributed by atoms with van der Waals surface area (Å²) < 4.78 is 27.9. The van der Waals surface area contributed by atoms with Crippen molar-refractivity contribution in [1.29, 1.82) is 0 Å². The van der Waals surface area contributed by atoms with Crippen LogP contribution in [0.1, 0.15) is 19.3 Å². The molecule has 4 heteroatoms. The largest absolute Gasteiger partial charge is 0.270 e. The molecule has 0 N–H and O–H groups in total. The Balaban J connectivity index is 1.92. The van der Waals surface area contributed by atoms with Gasteiger partial charge in [-0.05, 0) is 30.6 Å². The lowest BCUT2D eigenvalue weighted by Crippen LogP contribution is -2.42. The Morgan fingerprint density at radius 1 is 1.33 bits per heavy atom. The lowest BCUT2D eigenvalue weighted by Gasteiger charge is -2.37. The van der Waals surface area contributed by atoms with Crippen molar-refractivity contribution in [1.82, 2.24) is 0 Å². The minimum Gasteiger partial charge on any atom is -0.266 e. The van der Waals surface area contributed by atoms with Gasteiger partial charge in [0.15, 0.2) is 0 Å². The van der Waals surface area contributed by atoms with E-state index >= 15 is 0 Å². The maximum absolute atomic E-state index is 11.4. The molecule has 3 aliphatic carbocycles. The van der Waals surface area contributed by atoms with Crippen LogP contribution in [0.25, 0.3) is 0 Å². The van der Waals surface area contributed by atoms with E-state index in [9.17, 15) is 8.42 Å². The quantitative estimate of drug-likeness (QED) is 0.518. The van der Waals surface area contributed by atoms with E-state index in [1.54, 1.807) is 0 Å². The van der Waals surface area contributed by atoms with Crippen LogP contribution in [0.4, 0.5) is 0 Å². The van der Waals surface area contributed by atoms with Crippen LogP contribution in [0.2, 0.25) is 0 Å². The smallest absolute Gasteiger partial charge is 0.266 e. The molecule has 12 heavy (non-hydrogen) atoms. The van der Waals surface area contributed by atoms with E-state index < -0.39 is 10.1 Å². The third-order valence-electron chi connectivity index (χ3n) is 4.47. The molecule has 3 saturated carbocycles. The van der Waals surface area contributed by atoms with Crippen LogP contribution in [0, 0.1) is 17.3 Å². The van der Waals surface area contributed by atoms with Crippen molar-refractivity contribution < 1.29 is 12.6 Å². The molecule has 1 aliphatic heterocycles. The van der Waals surface area contributed by atoms with Gasteiger partial charge in [0.1, 0.15) is 0 Å². The van der Waals surface area contributed by atoms with Crippen LogP contribution >= 0.6 is 0 Å². The molecule has 0 aromatic heterocycles. The lowest BCUT2D eigenvalue weighted by molar-refractivity contribution is 0.0128. The molecule has 0 radical (unpaired) electrons. The molecule has 0 aromatic rings. The van der Waals surface area contributed by atoms with Crippen molar-refractivity contribution in [3.05, 3.63) is 0 Å². The van der Waals surface area contributed by atoms with Gasteiger partial charge in [0, 0.05) is 5.92 Å². The fourth-order valence-corrected chi connectivity index (χ4v) is 5.84. The average Bonchev–Trinajstić information content (AvgIpc) is 2.50. The lowest BCUT2D eigenvalue weighted by atomic mass is 9.69. The van der Waals surface area contributed by atoms with E-state index in [0.29, 0.717) is 11.3 Å². The Bertz CT molecular complexity index is 374. The third kappa shape index (κ3) is 0.427. The Morgan fingerprint density at radius 2 is 2.17 bits per heavy atom. The van der Waals surface area contributed by atoms with Crippen molar-refractivity contribution in [3.63, 3.8) is 0 Å². The van der Waals surface area contributed by atoms with Gasteiger partial charge in [0.25, 0.3) is 10.1 Å². The Kier molecular flexibility index (Phi) is 0.731. The molecular formula is C8H10O3S. The van der Waals surface area contributed by atoms with Crippen LogP contribution in [0.15, 0.2) is 0 Å². The second-order valence-electron chi connectivity index (χ2n) is 4.77. The number of hydrogen-bond acceptors (Lipinski definition) is 3. The highest BCUT2D eigenvalue weighted by Gasteiger charge is 2.80. The molecular weight excluding hydrogens is 176 g/mol. The second kappa shape index (κ2) is 1.38. The molecule has 5 atom stereocenters. The maximum atomic E-state index is 11.4. The average molecular weight is 186 g/mol. The van der Waals surface area contributed by atoms with Gasteiger partial charge in [-0.1, -0.05) is 0 Å². The Morgan fingerprint density at radius 3 is 2.92 bits per heavy atom. The highest BCUT2D eigenvalue weighted by atomic mass is 32.2. The van der Waals surface area contributed by atoms with Crippen LogP contribution in [-0.2, 0) is 14.3 Å². The van der Waals surface area contributed by atoms with Gasteiger partial charge in [-0.15, -0.1) is 0 Å². The highest BCUT2D eigenvalue weighted by Crippen LogP contribution is 2.79. The molecule has 0 amide bonds. The van der Waals surface area contributed by atoms with Crippen LogP contribution in [-0.4, -0.2) is 19.8 Å². The molecule has 4 aliphatic rings. The zero-order valence-corrected chi connectivity index (χ0v) is 7.38. The summed E-state index contributed by atoms with van der Waals surface area (Å²) in [6.07, 6.45) is 3.28. The molecule has 1 heterocycles. The zero-order chi connectivity index (χ0) is 8.14. The van der Waals surface area contributed by atoms with E-state index in [1.165, 1.54) is 6.42 Å². The molecule has 4 fully saturated rings. The summed E-state index contributed by atoms with van der Waals surface area (Å²) >= 11 is 0. The summed E-state index contributed by atoms with van der Waals surface area (Å²) in [5, 5.41) is -0.116. The van der Waals surface area contributed by atoms with E-state index in [2.05, 4.69) is 0 Å². The van der Waals surface area contributed by atoms with Gasteiger partial charge < -0.3 is 0 Å². The molecule has 66 valence electrons. The summed E-state index contributed by atoms with van der Waals surface area (Å²) in [6, 6.07) is 0.